The minimum atomic E-state index is -4.97. The van der Waals surface area contributed by atoms with E-state index in [0.717, 1.165) is 115 Å². The summed E-state index contributed by atoms with van der Waals surface area (Å²) in [6.07, 6.45) is 72.4. The molecule has 4 unspecified atom stereocenters. The summed E-state index contributed by atoms with van der Waals surface area (Å²) < 4.78 is 68.8. The Balaban J connectivity index is 5.15. The number of phosphoric ester groups is 2. The lowest BCUT2D eigenvalue weighted by molar-refractivity contribution is -0.161. The summed E-state index contributed by atoms with van der Waals surface area (Å²) in [6, 6.07) is 0. The van der Waals surface area contributed by atoms with Gasteiger partial charge >= 0.3 is 39.5 Å². The van der Waals surface area contributed by atoms with Gasteiger partial charge in [-0.25, -0.2) is 9.13 Å². The Morgan fingerprint density at radius 3 is 0.664 bits per heavy atom. The average molecular weight is 1560 g/mol. The number of hydrogen-bond donors (Lipinski definition) is 3. The van der Waals surface area contributed by atoms with Gasteiger partial charge in [0.1, 0.15) is 19.3 Å². The summed E-state index contributed by atoms with van der Waals surface area (Å²) >= 11 is 0. The molecule has 17 nitrogen and oxygen atoms in total. The SMILES string of the molecule is CCCCCCCCCCCCCCCCCCC(=O)O[C@H](COC(=O)CCCCCCCCC)COP(=O)(O)OC[C@H](O)COP(=O)(O)OC[C@@H](COC(=O)CCCCCCCCCCCCCCCCCCCCC(C)CC)OC(=O)CCCCCCCCCCCCCCCCCCCCC(C)CC. The first kappa shape index (κ1) is 105. The van der Waals surface area contributed by atoms with Crippen LogP contribution in [0.4, 0.5) is 0 Å². The fraction of sp³-hybridized carbons (Fsp3) is 0.955. The Morgan fingerprint density at radius 1 is 0.262 bits per heavy atom. The molecule has 0 aliphatic carbocycles. The number of hydrogen-bond acceptors (Lipinski definition) is 15. The maximum absolute atomic E-state index is 13.2. The molecule has 0 heterocycles. The second-order valence-corrected chi connectivity index (χ2v) is 35.0. The Kier molecular flexibility index (Phi) is 77.9. The third kappa shape index (κ3) is 79.1. The van der Waals surface area contributed by atoms with Crippen LogP contribution in [-0.4, -0.2) is 96.7 Å². The number of aliphatic hydroxyl groups is 1. The Hall–Kier alpha value is -1.94. The van der Waals surface area contributed by atoms with Gasteiger partial charge in [0, 0.05) is 25.7 Å². The Morgan fingerprint density at radius 2 is 0.449 bits per heavy atom. The van der Waals surface area contributed by atoms with Gasteiger partial charge in [-0.1, -0.05) is 420 Å². The molecule has 636 valence electrons. The molecular formula is C88H172O17P2. The lowest BCUT2D eigenvalue weighted by Crippen LogP contribution is -2.30. The van der Waals surface area contributed by atoms with Crippen molar-refractivity contribution >= 4 is 39.5 Å². The van der Waals surface area contributed by atoms with Crippen molar-refractivity contribution in [2.45, 2.75) is 490 Å². The zero-order valence-electron chi connectivity index (χ0n) is 70.5. The highest BCUT2D eigenvalue weighted by atomic mass is 31.2. The second kappa shape index (κ2) is 79.3. The van der Waals surface area contributed by atoms with E-state index in [1.807, 2.05) is 0 Å². The van der Waals surface area contributed by atoms with Crippen molar-refractivity contribution in [1.29, 1.82) is 0 Å². The van der Waals surface area contributed by atoms with Crippen LogP contribution in [0.3, 0.4) is 0 Å². The largest absolute Gasteiger partial charge is 0.472 e. The van der Waals surface area contributed by atoms with Crippen LogP contribution in [0.25, 0.3) is 0 Å². The van der Waals surface area contributed by atoms with E-state index in [1.54, 1.807) is 0 Å². The molecule has 0 aliphatic heterocycles. The third-order valence-corrected chi connectivity index (χ3v) is 23.3. The van der Waals surface area contributed by atoms with Crippen molar-refractivity contribution in [3.63, 3.8) is 0 Å². The van der Waals surface area contributed by atoms with E-state index < -0.39 is 97.5 Å². The van der Waals surface area contributed by atoms with Crippen molar-refractivity contribution in [3.05, 3.63) is 0 Å². The fourth-order valence-electron chi connectivity index (χ4n) is 13.7. The van der Waals surface area contributed by atoms with E-state index in [-0.39, 0.29) is 25.7 Å². The van der Waals surface area contributed by atoms with Gasteiger partial charge in [-0.15, -0.1) is 0 Å². The topological polar surface area (TPSA) is 237 Å². The van der Waals surface area contributed by atoms with E-state index in [0.29, 0.717) is 25.7 Å². The van der Waals surface area contributed by atoms with Crippen molar-refractivity contribution in [3.8, 4) is 0 Å². The quantitative estimate of drug-likeness (QED) is 0.0222. The summed E-state index contributed by atoms with van der Waals surface area (Å²) in [4.78, 5) is 73.1. The van der Waals surface area contributed by atoms with Gasteiger partial charge in [0.15, 0.2) is 12.2 Å². The van der Waals surface area contributed by atoms with Gasteiger partial charge in [-0.2, -0.15) is 0 Å². The lowest BCUT2D eigenvalue weighted by Gasteiger charge is -2.21. The summed E-state index contributed by atoms with van der Waals surface area (Å²) in [5, 5.41) is 10.7. The first-order valence-electron chi connectivity index (χ1n) is 45.6. The molecule has 0 aromatic rings. The molecule has 0 amide bonds. The van der Waals surface area contributed by atoms with E-state index in [4.69, 9.17) is 37.0 Å². The fourth-order valence-corrected chi connectivity index (χ4v) is 15.3. The molecule has 0 fully saturated rings. The minimum Gasteiger partial charge on any atom is -0.462 e. The highest BCUT2D eigenvalue weighted by molar-refractivity contribution is 7.47. The van der Waals surface area contributed by atoms with Gasteiger partial charge in [0.25, 0.3) is 0 Å². The number of aliphatic hydroxyl groups excluding tert-OH is 1. The van der Waals surface area contributed by atoms with Crippen LogP contribution < -0.4 is 0 Å². The predicted molar refractivity (Wildman–Crippen MR) is 442 cm³/mol. The standard InChI is InChI=1S/C88H172O17P2/c1-7-11-13-15-17-18-19-20-21-32-38-43-48-54-60-66-72-87(92)104-83(76-98-85(90)70-64-58-50-16-14-12-8-2)78-102-106(94,95)100-74-82(89)75-101-107(96,97)103-79-84(105-88(93)73-67-61-55-49-44-39-34-29-25-23-27-31-36-41-46-52-57-63-69-81(6)10-4)77-99-86(91)71-65-59-53-47-42-37-33-28-24-22-26-30-35-40-45-51-56-62-68-80(5)9-3/h80-84,89H,7-79H2,1-6H3,(H,94,95)(H,96,97)/t80?,81?,82-,83+,84+/m0/s1. The molecule has 0 aromatic heterocycles. The summed E-state index contributed by atoms with van der Waals surface area (Å²) in [5.41, 5.74) is 0. The summed E-state index contributed by atoms with van der Waals surface area (Å²) in [6.45, 7) is 9.78. The van der Waals surface area contributed by atoms with Gasteiger partial charge in [0.05, 0.1) is 26.4 Å². The highest BCUT2D eigenvalue weighted by Gasteiger charge is 2.31. The third-order valence-electron chi connectivity index (χ3n) is 21.4. The van der Waals surface area contributed by atoms with E-state index >= 15 is 0 Å². The number of ether oxygens (including phenoxy) is 4. The number of carbonyl (C=O) groups is 4. The van der Waals surface area contributed by atoms with Crippen LogP contribution in [0, 0.1) is 11.8 Å². The van der Waals surface area contributed by atoms with Crippen LogP contribution in [0.15, 0.2) is 0 Å². The maximum Gasteiger partial charge on any atom is 0.472 e. The number of esters is 4. The van der Waals surface area contributed by atoms with E-state index in [2.05, 4.69) is 41.5 Å². The van der Waals surface area contributed by atoms with Crippen molar-refractivity contribution < 1.29 is 80.2 Å². The van der Waals surface area contributed by atoms with E-state index in [1.165, 1.54) is 276 Å². The molecule has 107 heavy (non-hydrogen) atoms. The molecule has 0 radical (unpaired) electrons. The lowest BCUT2D eigenvalue weighted by atomic mass is 9.99. The van der Waals surface area contributed by atoms with Crippen LogP contribution in [0.1, 0.15) is 472 Å². The van der Waals surface area contributed by atoms with Crippen molar-refractivity contribution in [2.24, 2.45) is 11.8 Å². The molecule has 0 saturated carbocycles. The first-order chi connectivity index (χ1) is 51.9. The van der Waals surface area contributed by atoms with Crippen molar-refractivity contribution in [2.75, 3.05) is 39.6 Å². The molecule has 7 atom stereocenters. The first-order valence-corrected chi connectivity index (χ1v) is 48.6. The molecular weight excluding hydrogens is 1390 g/mol. The molecule has 0 aliphatic rings. The maximum atomic E-state index is 13.2. The normalized spacial score (nSPS) is 14.3. The average Bonchev–Trinajstić information content (AvgIpc) is 0.902. The number of unbranched alkanes of at least 4 members (excludes halogenated alkanes) is 55. The van der Waals surface area contributed by atoms with Crippen LogP contribution in [-0.2, 0) is 65.4 Å². The molecule has 0 aromatic carbocycles. The van der Waals surface area contributed by atoms with Gasteiger partial charge in [0.2, 0.25) is 0 Å². The Labute approximate surface area is 658 Å². The molecule has 0 bridgehead atoms. The number of rotatable bonds is 87. The van der Waals surface area contributed by atoms with Gasteiger partial charge < -0.3 is 33.8 Å². The van der Waals surface area contributed by atoms with Crippen LogP contribution in [0.2, 0.25) is 0 Å². The Bertz CT molecular complexity index is 2050. The van der Waals surface area contributed by atoms with Crippen molar-refractivity contribution in [1.82, 2.24) is 0 Å². The number of carbonyl (C=O) groups excluding carboxylic acids is 4. The van der Waals surface area contributed by atoms with Crippen LogP contribution in [0.5, 0.6) is 0 Å². The zero-order chi connectivity index (χ0) is 78.5. The van der Waals surface area contributed by atoms with Gasteiger partial charge in [-0.05, 0) is 37.5 Å². The molecule has 0 spiro atoms. The smallest absolute Gasteiger partial charge is 0.462 e. The molecule has 19 heteroatoms. The molecule has 0 saturated heterocycles. The minimum absolute atomic E-state index is 0.108. The second-order valence-electron chi connectivity index (χ2n) is 32.1. The number of phosphoric acid groups is 2. The van der Waals surface area contributed by atoms with Crippen LogP contribution >= 0.6 is 15.6 Å². The molecule has 3 N–H and O–H groups in total. The highest BCUT2D eigenvalue weighted by Crippen LogP contribution is 2.45. The predicted octanol–water partition coefficient (Wildman–Crippen LogP) is 27.0. The summed E-state index contributed by atoms with van der Waals surface area (Å²) in [5.74, 6) is -0.360. The monoisotopic (exact) mass is 1560 g/mol. The zero-order valence-corrected chi connectivity index (χ0v) is 72.2. The summed E-state index contributed by atoms with van der Waals surface area (Å²) in [7, 11) is -9.92. The van der Waals surface area contributed by atoms with E-state index in [9.17, 15) is 43.2 Å². The molecule has 0 rings (SSSR count). The van der Waals surface area contributed by atoms with Gasteiger partial charge in [-0.3, -0.25) is 37.3 Å².